The van der Waals surface area contributed by atoms with Crippen molar-refractivity contribution in [3.05, 3.63) is 64.5 Å². The molecule has 1 aromatic carbocycles. The van der Waals surface area contributed by atoms with Crippen molar-refractivity contribution in [2.24, 2.45) is 5.73 Å². The van der Waals surface area contributed by atoms with Gasteiger partial charge in [-0.15, -0.1) is 0 Å². The molecule has 8 heteroatoms. The lowest BCUT2D eigenvalue weighted by Crippen LogP contribution is -2.25. The van der Waals surface area contributed by atoms with Gasteiger partial charge in [-0.1, -0.05) is 6.07 Å². The van der Waals surface area contributed by atoms with E-state index in [1.165, 1.54) is 0 Å². The smallest absolute Gasteiger partial charge is 0.329 e. The third-order valence-electron chi connectivity index (χ3n) is 6.09. The maximum atomic E-state index is 13.3. The van der Waals surface area contributed by atoms with Crippen molar-refractivity contribution < 1.29 is 8.78 Å². The SMILES string of the molecule is NCc1ccc2c(c1)cc(Cn1c(=O)n(C3CC3)c3ccncc31)n2CCCC(F)F. The number of halogens is 2. The number of pyridine rings is 1. The lowest BCUT2D eigenvalue weighted by molar-refractivity contribution is 0.133. The van der Waals surface area contributed by atoms with Crippen molar-refractivity contribution in [2.45, 2.75) is 57.8 Å². The number of fused-ring (bicyclic) bond motifs is 2. The van der Waals surface area contributed by atoms with E-state index in [4.69, 9.17) is 5.73 Å². The van der Waals surface area contributed by atoms with E-state index >= 15 is 0 Å². The van der Waals surface area contributed by atoms with Gasteiger partial charge in [0.25, 0.3) is 0 Å². The zero-order valence-electron chi connectivity index (χ0n) is 17.2. The van der Waals surface area contributed by atoms with Crippen LogP contribution in [0.5, 0.6) is 0 Å². The zero-order valence-corrected chi connectivity index (χ0v) is 17.2. The van der Waals surface area contributed by atoms with Crippen LogP contribution in [-0.4, -0.2) is 25.1 Å². The van der Waals surface area contributed by atoms with Gasteiger partial charge < -0.3 is 10.3 Å². The fourth-order valence-corrected chi connectivity index (χ4v) is 4.43. The highest BCUT2D eigenvalue weighted by atomic mass is 19.3. The number of rotatable bonds is 8. The maximum absolute atomic E-state index is 13.3. The van der Waals surface area contributed by atoms with Crippen molar-refractivity contribution in [2.75, 3.05) is 0 Å². The van der Waals surface area contributed by atoms with Crippen molar-refractivity contribution >= 4 is 21.9 Å². The van der Waals surface area contributed by atoms with Crippen molar-refractivity contribution in [1.82, 2.24) is 18.7 Å². The highest BCUT2D eigenvalue weighted by Crippen LogP contribution is 2.36. The third-order valence-corrected chi connectivity index (χ3v) is 6.09. The molecule has 0 saturated heterocycles. The van der Waals surface area contributed by atoms with Crippen LogP contribution in [0.2, 0.25) is 0 Å². The van der Waals surface area contributed by atoms with E-state index in [2.05, 4.69) is 9.55 Å². The molecule has 0 radical (unpaired) electrons. The Morgan fingerprint density at radius 3 is 2.68 bits per heavy atom. The van der Waals surface area contributed by atoms with E-state index in [0.29, 0.717) is 26.1 Å². The van der Waals surface area contributed by atoms with Gasteiger partial charge in [-0.3, -0.25) is 14.1 Å². The normalized spacial score (nSPS) is 14.3. The molecule has 0 aliphatic heterocycles. The summed E-state index contributed by atoms with van der Waals surface area (Å²) in [6.45, 7) is 1.27. The summed E-state index contributed by atoms with van der Waals surface area (Å²) in [5, 5.41) is 1.01. The number of alkyl halides is 2. The minimum atomic E-state index is -2.32. The molecule has 1 aliphatic carbocycles. The average molecular weight is 425 g/mol. The molecule has 31 heavy (non-hydrogen) atoms. The van der Waals surface area contributed by atoms with Gasteiger partial charge in [0.05, 0.1) is 23.8 Å². The van der Waals surface area contributed by atoms with Crippen LogP contribution in [0, 0.1) is 0 Å². The van der Waals surface area contributed by atoms with E-state index in [-0.39, 0.29) is 18.2 Å². The van der Waals surface area contributed by atoms with Crippen LogP contribution >= 0.6 is 0 Å². The first-order valence-electron chi connectivity index (χ1n) is 10.7. The minimum Gasteiger partial charge on any atom is -0.343 e. The van der Waals surface area contributed by atoms with Gasteiger partial charge in [-0.25, -0.2) is 13.6 Å². The Kier molecular flexibility index (Phi) is 5.09. The number of hydrogen-bond donors (Lipinski definition) is 1. The molecule has 0 amide bonds. The Bertz CT molecular complexity index is 1300. The number of nitrogens with zero attached hydrogens (tertiary/aromatic N) is 4. The number of hydrogen-bond acceptors (Lipinski definition) is 3. The first-order chi connectivity index (χ1) is 15.1. The second-order valence-electron chi connectivity index (χ2n) is 8.25. The Morgan fingerprint density at radius 2 is 1.94 bits per heavy atom. The summed E-state index contributed by atoms with van der Waals surface area (Å²) >= 11 is 0. The average Bonchev–Trinajstić information content (AvgIpc) is 3.48. The molecule has 3 heterocycles. The molecule has 0 spiro atoms. The molecule has 162 valence electrons. The summed E-state index contributed by atoms with van der Waals surface area (Å²) in [6.07, 6.45) is 3.36. The summed E-state index contributed by atoms with van der Waals surface area (Å²) in [7, 11) is 0. The molecule has 2 N–H and O–H groups in total. The minimum absolute atomic E-state index is 0.0440. The number of benzene rings is 1. The molecule has 1 fully saturated rings. The predicted molar refractivity (Wildman–Crippen MR) is 116 cm³/mol. The molecular weight excluding hydrogens is 400 g/mol. The van der Waals surface area contributed by atoms with Crippen LogP contribution < -0.4 is 11.4 Å². The highest BCUT2D eigenvalue weighted by molar-refractivity contribution is 5.82. The van der Waals surface area contributed by atoms with Gasteiger partial charge in [0, 0.05) is 48.3 Å². The summed E-state index contributed by atoms with van der Waals surface area (Å²) in [4.78, 5) is 17.5. The number of imidazole rings is 1. The van der Waals surface area contributed by atoms with Crippen molar-refractivity contribution in [1.29, 1.82) is 0 Å². The van der Waals surface area contributed by atoms with Gasteiger partial charge in [0.2, 0.25) is 6.43 Å². The molecule has 4 aromatic rings. The summed E-state index contributed by atoms with van der Waals surface area (Å²) in [5.74, 6) is 0. The van der Waals surface area contributed by atoms with Crippen LogP contribution in [0.4, 0.5) is 8.78 Å². The predicted octanol–water partition coefficient (Wildman–Crippen LogP) is 4.04. The molecule has 0 atom stereocenters. The van der Waals surface area contributed by atoms with E-state index in [1.807, 2.05) is 34.9 Å². The maximum Gasteiger partial charge on any atom is 0.329 e. The third kappa shape index (κ3) is 3.65. The Hall–Kier alpha value is -3.00. The Labute approximate surface area is 177 Å². The molecule has 6 nitrogen and oxygen atoms in total. The number of nitrogens with two attached hydrogens (primary N) is 1. The van der Waals surface area contributed by atoms with Gasteiger partial charge in [-0.2, -0.15) is 0 Å². The van der Waals surface area contributed by atoms with Crippen LogP contribution in [0.3, 0.4) is 0 Å². The van der Waals surface area contributed by atoms with Crippen LogP contribution in [0.25, 0.3) is 21.9 Å². The summed E-state index contributed by atoms with van der Waals surface area (Å²) < 4.78 is 31.2. The number of aryl methyl sites for hydroxylation is 1. The van der Waals surface area contributed by atoms with Crippen molar-refractivity contribution in [3.63, 3.8) is 0 Å². The van der Waals surface area contributed by atoms with E-state index < -0.39 is 6.43 Å². The molecule has 3 aromatic heterocycles. The fraction of sp³-hybridized carbons (Fsp3) is 0.391. The molecule has 1 aliphatic rings. The van der Waals surface area contributed by atoms with Gasteiger partial charge >= 0.3 is 5.69 Å². The summed E-state index contributed by atoms with van der Waals surface area (Å²) in [6, 6.07) is 10.2. The molecular formula is C23H25F2N5O. The molecule has 0 bridgehead atoms. The second-order valence-corrected chi connectivity index (χ2v) is 8.25. The topological polar surface area (TPSA) is 70.8 Å². The van der Waals surface area contributed by atoms with E-state index in [9.17, 15) is 13.6 Å². The Balaban J connectivity index is 1.60. The van der Waals surface area contributed by atoms with E-state index in [1.54, 1.807) is 17.0 Å². The highest BCUT2D eigenvalue weighted by Gasteiger charge is 2.29. The quantitative estimate of drug-likeness (QED) is 0.463. The monoisotopic (exact) mass is 425 g/mol. The first-order valence-corrected chi connectivity index (χ1v) is 10.7. The zero-order chi connectivity index (χ0) is 21.5. The Morgan fingerprint density at radius 1 is 1.10 bits per heavy atom. The van der Waals surface area contributed by atoms with Crippen LogP contribution in [0.1, 0.15) is 43.0 Å². The first kappa shape index (κ1) is 19.9. The lowest BCUT2D eigenvalue weighted by Gasteiger charge is -2.12. The van der Waals surface area contributed by atoms with Crippen LogP contribution in [-0.2, 0) is 19.6 Å². The fourth-order valence-electron chi connectivity index (χ4n) is 4.43. The van der Waals surface area contributed by atoms with E-state index in [0.717, 1.165) is 46.0 Å². The second kappa shape index (κ2) is 7.92. The number of aromatic nitrogens is 4. The van der Waals surface area contributed by atoms with Crippen molar-refractivity contribution in [3.8, 4) is 0 Å². The summed E-state index contributed by atoms with van der Waals surface area (Å²) in [5.41, 5.74) is 10.3. The lowest BCUT2D eigenvalue weighted by atomic mass is 10.1. The van der Waals surface area contributed by atoms with Crippen LogP contribution in [0.15, 0.2) is 47.5 Å². The molecule has 5 rings (SSSR count). The molecule has 1 saturated carbocycles. The molecule has 0 unspecified atom stereocenters. The van der Waals surface area contributed by atoms with Gasteiger partial charge in [0.1, 0.15) is 0 Å². The standard InChI is InChI=1S/C23H25F2N5O/c24-22(25)2-1-9-28-18(11-16-10-15(12-26)3-6-19(16)28)14-29-21-13-27-8-7-20(21)30(23(29)31)17-4-5-17/h3,6-8,10-11,13,17,22H,1-2,4-5,9,12,14,26H2. The van der Waals surface area contributed by atoms with Gasteiger partial charge in [0.15, 0.2) is 0 Å². The van der Waals surface area contributed by atoms with Gasteiger partial charge in [-0.05, 0) is 49.1 Å². The largest absolute Gasteiger partial charge is 0.343 e.